The SMILES string of the molecule is C.COc1cc(C(N)=O)ccc1-c1ccccc1. The lowest BCUT2D eigenvalue weighted by Crippen LogP contribution is -2.10. The van der Waals surface area contributed by atoms with Crippen molar-refractivity contribution in [3.05, 3.63) is 54.1 Å². The third kappa shape index (κ3) is 2.69. The molecule has 2 rings (SSSR count). The maximum atomic E-state index is 11.1. The normalized spacial score (nSPS) is 9.39. The molecular weight excluding hydrogens is 226 g/mol. The average molecular weight is 243 g/mol. The Morgan fingerprint density at radius 1 is 1.11 bits per heavy atom. The van der Waals surface area contributed by atoms with Crippen LogP contribution in [0.25, 0.3) is 11.1 Å². The van der Waals surface area contributed by atoms with Crippen LogP contribution in [-0.2, 0) is 0 Å². The van der Waals surface area contributed by atoms with Gasteiger partial charge in [0.25, 0.3) is 0 Å². The average Bonchev–Trinajstić information content (AvgIpc) is 2.39. The number of ether oxygens (including phenoxy) is 1. The number of benzene rings is 2. The first-order valence-corrected chi connectivity index (χ1v) is 5.25. The maximum absolute atomic E-state index is 11.1. The first-order chi connectivity index (χ1) is 8.22. The van der Waals surface area contributed by atoms with Crippen LogP contribution in [0.15, 0.2) is 48.5 Å². The number of nitrogens with two attached hydrogens (primary N) is 1. The van der Waals surface area contributed by atoms with Crippen molar-refractivity contribution in [1.29, 1.82) is 0 Å². The number of methoxy groups -OCH3 is 1. The molecule has 0 saturated heterocycles. The molecule has 2 N–H and O–H groups in total. The summed E-state index contributed by atoms with van der Waals surface area (Å²) in [7, 11) is 1.58. The highest BCUT2D eigenvalue weighted by molar-refractivity contribution is 5.94. The molecule has 0 aliphatic carbocycles. The van der Waals surface area contributed by atoms with Gasteiger partial charge in [-0.05, 0) is 23.8 Å². The monoisotopic (exact) mass is 243 g/mol. The Labute approximate surface area is 107 Å². The van der Waals surface area contributed by atoms with Crippen LogP contribution in [0.1, 0.15) is 17.8 Å². The van der Waals surface area contributed by atoms with E-state index >= 15 is 0 Å². The molecule has 1 amide bonds. The van der Waals surface area contributed by atoms with E-state index in [4.69, 9.17) is 10.5 Å². The molecular formula is C15H17NO2. The van der Waals surface area contributed by atoms with Gasteiger partial charge in [-0.2, -0.15) is 0 Å². The summed E-state index contributed by atoms with van der Waals surface area (Å²) in [5, 5.41) is 0. The van der Waals surface area contributed by atoms with Crippen molar-refractivity contribution in [3.8, 4) is 16.9 Å². The topological polar surface area (TPSA) is 52.3 Å². The lowest BCUT2D eigenvalue weighted by molar-refractivity contribution is 0.1000. The van der Waals surface area contributed by atoms with Gasteiger partial charge >= 0.3 is 0 Å². The third-order valence-electron chi connectivity index (χ3n) is 2.57. The van der Waals surface area contributed by atoms with E-state index in [1.165, 1.54) is 0 Å². The molecule has 0 aliphatic rings. The molecule has 3 nitrogen and oxygen atoms in total. The molecule has 2 aromatic rings. The Morgan fingerprint density at radius 3 is 2.33 bits per heavy atom. The smallest absolute Gasteiger partial charge is 0.248 e. The van der Waals surface area contributed by atoms with E-state index in [0.29, 0.717) is 11.3 Å². The van der Waals surface area contributed by atoms with Gasteiger partial charge in [-0.15, -0.1) is 0 Å². The molecule has 0 heterocycles. The minimum atomic E-state index is -0.456. The summed E-state index contributed by atoms with van der Waals surface area (Å²) in [5.74, 6) is 0.190. The zero-order chi connectivity index (χ0) is 12.3. The highest BCUT2D eigenvalue weighted by Gasteiger charge is 2.08. The van der Waals surface area contributed by atoms with Gasteiger partial charge in [-0.25, -0.2) is 0 Å². The van der Waals surface area contributed by atoms with Gasteiger partial charge in [0.15, 0.2) is 0 Å². The molecule has 0 atom stereocenters. The zero-order valence-corrected chi connectivity index (χ0v) is 9.51. The standard InChI is InChI=1S/C14H13NO2.CH4/c1-17-13-9-11(14(15)16)7-8-12(13)10-5-3-2-4-6-10;/h2-9H,1H3,(H2,15,16);1H4. The Kier molecular flexibility index (Phi) is 4.49. The first kappa shape index (κ1) is 13.8. The van der Waals surface area contributed by atoms with Crippen molar-refractivity contribution in [2.45, 2.75) is 7.43 Å². The van der Waals surface area contributed by atoms with E-state index in [1.807, 2.05) is 36.4 Å². The summed E-state index contributed by atoms with van der Waals surface area (Å²) in [6, 6.07) is 15.0. The van der Waals surface area contributed by atoms with Gasteiger partial charge < -0.3 is 10.5 Å². The molecule has 0 fully saturated rings. The van der Waals surface area contributed by atoms with Crippen molar-refractivity contribution >= 4 is 5.91 Å². The van der Waals surface area contributed by atoms with Crippen LogP contribution >= 0.6 is 0 Å². The van der Waals surface area contributed by atoms with Crippen LogP contribution in [-0.4, -0.2) is 13.0 Å². The van der Waals surface area contributed by atoms with E-state index in [2.05, 4.69) is 0 Å². The predicted octanol–water partition coefficient (Wildman–Crippen LogP) is 3.10. The number of rotatable bonds is 3. The van der Waals surface area contributed by atoms with Crippen LogP contribution in [0.4, 0.5) is 0 Å². The van der Waals surface area contributed by atoms with Crippen LogP contribution in [0, 0.1) is 0 Å². The number of primary amides is 1. The molecule has 3 heteroatoms. The molecule has 2 aromatic carbocycles. The zero-order valence-electron chi connectivity index (χ0n) is 9.51. The van der Waals surface area contributed by atoms with Gasteiger partial charge in [0.2, 0.25) is 5.91 Å². The van der Waals surface area contributed by atoms with Crippen LogP contribution in [0.3, 0.4) is 0 Å². The van der Waals surface area contributed by atoms with Crippen molar-refractivity contribution < 1.29 is 9.53 Å². The molecule has 94 valence electrons. The second kappa shape index (κ2) is 5.87. The fraction of sp³-hybridized carbons (Fsp3) is 0.133. The molecule has 0 spiro atoms. The number of hydrogen-bond donors (Lipinski definition) is 1. The molecule has 0 radical (unpaired) electrons. The fourth-order valence-electron chi connectivity index (χ4n) is 1.70. The number of carbonyl (C=O) groups excluding carboxylic acids is 1. The largest absolute Gasteiger partial charge is 0.496 e. The van der Waals surface area contributed by atoms with Crippen molar-refractivity contribution in [3.63, 3.8) is 0 Å². The van der Waals surface area contributed by atoms with Gasteiger partial charge in [0, 0.05) is 11.1 Å². The number of hydrogen-bond acceptors (Lipinski definition) is 2. The highest BCUT2D eigenvalue weighted by Crippen LogP contribution is 2.30. The Bertz CT molecular complexity index is 535. The van der Waals surface area contributed by atoms with Crippen LogP contribution in [0.5, 0.6) is 5.75 Å². The molecule has 18 heavy (non-hydrogen) atoms. The second-order valence-corrected chi connectivity index (χ2v) is 3.65. The molecule has 0 aromatic heterocycles. The number of amides is 1. The molecule has 0 bridgehead atoms. The minimum Gasteiger partial charge on any atom is -0.496 e. The Hall–Kier alpha value is -2.29. The third-order valence-corrected chi connectivity index (χ3v) is 2.57. The first-order valence-electron chi connectivity index (χ1n) is 5.25. The van der Waals surface area contributed by atoms with Crippen molar-refractivity contribution in [1.82, 2.24) is 0 Å². The summed E-state index contributed by atoms with van der Waals surface area (Å²) in [6.07, 6.45) is 0. The highest BCUT2D eigenvalue weighted by atomic mass is 16.5. The van der Waals surface area contributed by atoms with E-state index in [1.54, 1.807) is 19.2 Å². The number of carbonyl (C=O) groups is 1. The Morgan fingerprint density at radius 2 is 1.78 bits per heavy atom. The summed E-state index contributed by atoms with van der Waals surface area (Å²) in [5.41, 5.74) is 7.66. The maximum Gasteiger partial charge on any atom is 0.248 e. The van der Waals surface area contributed by atoms with Gasteiger partial charge in [-0.3, -0.25) is 4.79 Å². The van der Waals surface area contributed by atoms with E-state index in [-0.39, 0.29) is 7.43 Å². The van der Waals surface area contributed by atoms with Crippen LogP contribution < -0.4 is 10.5 Å². The van der Waals surface area contributed by atoms with Crippen molar-refractivity contribution in [2.75, 3.05) is 7.11 Å². The van der Waals surface area contributed by atoms with Gasteiger partial charge in [-0.1, -0.05) is 37.8 Å². The quantitative estimate of drug-likeness (QED) is 0.900. The lowest BCUT2D eigenvalue weighted by Gasteiger charge is -2.09. The second-order valence-electron chi connectivity index (χ2n) is 3.65. The van der Waals surface area contributed by atoms with Gasteiger partial charge in [0.1, 0.15) is 5.75 Å². The summed E-state index contributed by atoms with van der Waals surface area (Å²) >= 11 is 0. The predicted molar refractivity (Wildman–Crippen MR) is 73.7 cm³/mol. The lowest BCUT2D eigenvalue weighted by atomic mass is 10.0. The Balaban J connectivity index is 0.00000162. The van der Waals surface area contributed by atoms with E-state index in [0.717, 1.165) is 11.1 Å². The fourth-order valence-corrected chi connectivity index (χ4v) is 1.70. The molecule has 0 aliphatic heterocycles. The summed E-state index contributed by atoms with van der Waals surface area (Å²) in [6.45, 7) is 0. The summed E-state index contributed by atoms with van der Waals surface area (Å²) in [4.78, 5) is 11.1. The van der Waals surface area contributed by atoms with E-state index in [9.17, 15) is 4.79 Å². The van der Waals surface area contributed by atoms with E-state index < -0.39 is 5.91 Å². The minimum absolute atomic E-state index is 0. The molecule has 0 saturated carbocycles. The molecule has 0 unspecified atom stereocenters. The van der Waals surface area contributed by atoms with Crippen LogP contribution in [0.2, 0.25) is 0 Å². The van der Waals surface area contributed by atoms with Gasteiger partial charge in [0.05, 0.1) is 7.11 Å². The summed E-state index contributed by atoms with van der Waals surface area (Å²) < 4.78 is 5.28. The van der Waals surface area contributed by atoms with Crippen molar-refractivity contribution in [2.24, 2.45) is 5.73 Å².